The molecule has 2 rings (SSSR count). The van der Waals surface area contributed by atoms with E-state index in [0.29, 0.717) is 5.69 Å². The molecular formula is C14H25N5O. The molecule has 1 fully saturated rings. The number of nitrogens with zero attached hydrogens (tertiary/aromatic N) is 3. The number of carbonyl (C=O) groups excluding carboxylic acids is 1. The van der Waals surface area contributed by atoms with Gasteiger partial charge in [-0.1, -0.05) is 13.8 Å². The third-order valence-electron chi connectivity index (χ3n) is 3.80. The quantitative estimate of drug-likeness (QED) is 0.876. The highest BCUT2D eigenvalue weighted by Crippen LogP contribution is 2.28. The molecule has 20 heavy (non-hydrogen) atoms. The van der Waals surface area contributed by atoms with Crippen molar-refractivity contribution in [3.8, 4) is 0 Å². The zero-order valence-electron chi connectivity index (χ0n) is 12.8. The summed E-state index contributed by atoms with van der Waals surface area (Å²) in [4.78, 5) is 14.2. The number of aryl methyl sites for hydroxylation is 1. The van der Waals surface area contributed by atoms with E-state index in [2.05, 4.69) is 24.3 Å². The normalized spacial score (nSPS) is 16.8. The lowest BCUT2D eigenvalue weighted by Gasteiger charge is -2.22. The summed E-state index contributed by atoms with van der Waals surface area (Å²) in [5, 5.41) is 7.64. The molecule has 2 heterocycles. The van der Waals surface area contributed by atoms with Crippen LogP contribution in [0.15, 0.2) is 0 Å². The van der Waals surface area contributed by atoms with Gasteiger partial charge in [0.15, 0.2) is 0 Å². The van der Waals surface area contributed by atoms with Crippen LogP contribution in [-0.2, 0) is 11.8 Å². The number of nitrogen functional groups attached to an aromatic ring is 1. The summed E-state index contributed by atoms with van der Waals surface area (Å²) in [5.41, 5.74) is 7.65. The van der Waals surface area contributed by atoms with Gasteiger partial charge in [-0.15, -0.1) is 0 Å². The van der Waals surface area contributed by atoms with E-state index in [9.17, 15) is 4.79 Å². The van der Waals surface area contributed by atoms with Crippen LogP contribution in [0.25, 0.3) is 0 Å². The van der Waals surface area contributed by atoms with Crippen molar-refractivity contribution >= 4 is 17.4 Å². The first-order chi connectivity index (χ1) is 9.41. The highest BCUT2D eigenvalue weighted by molar-refractivity contribution is 5.85. The maximum Gasteiger partial charge on any atom is 0.244 e. The zero-order valence-corrected chi connectivity index (χ0v) is 12.8. The summed E-state index contributed by atoms with van der Waals surface area (Å²) >= 11 is 0. The molecule has 6 nitrogen and oxygen atoms in total. The van der Waals surface area contributed by atoms with Crippen LogP contribution in [0.1, 0.15) is 45.2 Å². The third-order valence-corrected chi connectivity index (χ3v) is 3.80. The fourth-order valence-corrected chi connectivity index (χ4v) is 2.64. The first-order valence-electron chi connectivity index (χ1n) is 7.29. The predicted molar refractivity (Wildman–Crippen MR) is 80.6 cm³/mol. The lowest BCUT2D eigenvalue weighted by molar-refractivity contribution is -0.130. The van der Waals surface area contributed by atoms with Gasteiger partial charge in [-0.25, -0.2) is 0 Å². The summed E-state index contributed by atoms with van der Waals surface area (Å²) in [5.74, 6) is 1.13. The van der Waals surface area contributed by atoms with E-state index in [4.69, 9.17) is 5.73 Å². The Morgan fingerprint density at radius 3 is 2.40 bits per heavy atom. The highest BCUT2D eigenvalue weighted by atomic mass is 16.2. The molecule has 1 aromatic rings. The smallest absolute Gasteiger partial charge is 0.244 e. The van der Waals surface area contributed by atoms with Gasteiger partial charge in [0.05, 0.1) is 11.4 Å². The van der Waals surface area contributed by atoms with E-state index in [1.807, 2.05) is 18.9 Å². The molecule has 1 atom stereocenters. The molecule has 0 saturated carbocycles. The highest BCUT2D eigenvalue weighted by Gasteiger charge is 2.25. The molecule has 1 aliphatic rings. The maximum atomic E-state index is 12.3. The number of nitrogens with two attached hydrogens (primary N) is 1. The van der Waals surface area contributed by atoms with Gasteiger partial charge in [0, 0.05) is 20.1 Å². The van der Waals surface area contributed by atoms with Gasteiger partial charge in [-0.05, 0) is 25.7 Å². The van der Waals surface area contributed by atoms with E-state index >= 15 is 0 Å². The van der Waals surface area contributed by atoms with Crippen molar-refractivity contribution in [1.82, 2.24) is 14.7 Å². The average Bonchev–Trinajstić information content (AvgIpc) is 3.01. The maximum absolute atomic E-state index is 12.3. The second-order valence-electron chi connectivity index (χ2n) is 5.82. The van der Waals surface area contributed by atoms with Gasteiger partial charge < -0.3 is 16.0 Å². The fraction of sp³-hybridized carbons (Fsp3) is 0.714. The molecule has 0 radical (unpaired) electrons. The molecular weight excluding hydrogens is 254 g/mol. The zero-order chi connectivity index (χ0) is 14.9. The molecule has 1 saturated heterocycles. The van der Waals surface area contributed by atoms with Crippen LogP contribution in [0, 0.1) is 0 Å². The minimum atomic E-state index is -0.286. The second-order valence-corrected chi connectivity index (χ2v) is 5.82. The van der Waals surface area contributed by atoms with Gasteiger partial charge >= 0.3 is 0 Å². The van der Waals surface area contributed by atoms with Crippen LogP contribution in [0.5, 0.6) is 0 Å². The van der Waals surface area contributed by atoms with Gasteiger partial charge in [0.2, 0.25) is 5.91 Å². The molecule has 112 valence electrons. The monoisotopic (exact) mass is 279 g/mol. The number of aromatic nitrogens is 2. The number of anilines is 2. The molecule has 1 aromatic heterocycles. The third kappa shape index (κ3) is 2.73. The summed E-state index contributed by atoms with van der Waals surface area (Å²) < 4.78 is 1.72. The summed E-state index contributed by atoms with van der Waals surface area (Å²) in [6.07, 6.45) is 2.20. The summed E-state index contributed by atoms with van der Waals surface area (Å²) in [7, 11) is 1.84. The minimum absolute atomic E-state index is 0.134. The van der Waals surface area contributed by atoms with Gasteiger partial charge in [0.1, 0.15) is 11.9 Å². The molecule has 6 heteroatoms. The van der Waals surface area contributed by atoms with Crippen molar-refractivity contribution in [2.24, 2.45) is 7.05 Å². The lowest BCUT2D eigenvalue weighted by atomic mass is 10.1. The van der Waals surface area contributed by atoms with E-state index in [1.165, 1.54) is 0 Å². The molecule has 0 aromatic carbocycles. The van der Waals surface area contributed by atoms with E-state index in [0.717, 1.165) is 37.4 Å². The molecule has 1 aliphatic heterocycles. The minimum Gasteiger partial charge on any atom is -0.394 e. The molecule has 3 N–H and O–H groups in total. The molecule has 0 bridgehead atoms. The fourth-order valence-electron chi connectivity index (χ4n) is 2.64. The standard InChI is InChI=1S/C14H25N5O/c1-9(2)12-11(15)13(18(4)17-12)16-10(3)14(20)19-7-5-6-8-19/h9-10,16H,5-8,15H2,1-4H3. The van der Waals surface area contributed by atoms with E-state index in [1.54, 1.807) is 4.68 Å². The van der Waals surface area contributed by atoms with Crippen LogP contribution in [-0.4, -0.2) is 39.7 Å². The second kappa shape index (κ2) is 5.73. The first kappa shape index (κ1) is 14.7. The molecule has 0 spiro atoms. The van der Waals surface area contributed by atoms with Crippen molar-refractivity contribution < 1.29 is 4.79 Å². The number of nitrogens with one attached hydrogen (secondary N) is 1. The Labute approximate surface area is 120 Å². The molecule has 1 unspecified atom stereocenters. The average molecular weight is 279 g/mol. The first-order valence-corrected chi connectivity index (χ1v) is 7.29. The Bertz CT molecular complexity index is 488. The van der Waals surface area contributed by atoms with Gasteiger partial charge in [-0.3, -0.25) is 9.48 Å². The Morgan fingerprint density at radius 1 is 1.30 bits per heavy atom. The Balaban J connectivity index is 2.11. The van der Waals surface area contributed by atoms with Crippen molar-refractivity contribution in [3.63, 3.8) is 0 Å². The van der Waals surface area contributed by atoms with Gasteiger partial charge in [0.25, 0.3) is 0 Å². The largest absolute Gasteiger partial charge is 0.394 e. The number of hydrogen-bond acceptors (Lipinski definition) is 4. The van der Waals surface area contributed by atoms with E-state index in [-0.39, 0.29) is 17.9 Å². The number of amides is 1. The van der Waals surface area contributed by atoms with Crippen LogP contribution in [0.2, 0.25) is 0 Å². The number of hydrogen-bond donors (Lipinski definition) is 2. The number of rotatable bonds is 4. The predicted octanol–water partition coefficient (Wildman–Crippen LogP) is 1.55. The van der Waals surface area contributed by atoms with Crippen molar-refractivity contribution in [2.45, 2.75) is 45.6 Å². The number of likely N-dealkylation sites (tertiary alicyclic amines) is 1. The van der Waals surface area contributed by atoms with E-state index < -0.39 is 0 Å². The molecule has 1 amide bonds. The Morgan fingerprint density at radius 2 is 1.90 bits per heavy atom. The SMILES string of the molecule is CC(Nc1c(N)c(C(C)C)nn1C)C(=O)N1CCCC1. The van der Waals surface area contributed by atoms with Crippen LogP contribution >= 0.6 is 0 Å². The summed E-state index contributed by atoms with van der Waals surface area (Å²) in [6.45, 7) is 7.72. The van der Waals surface area contributed by atoms with Crippen molar-refractivity contribution in [2.75, 3.05) is 24.1 Å². The van der Waals surface area contributed by atoms with Crippen molar-refractivity contribution in [3.05, 3.63) is 5.69 Å². The molecule has 0 aliphatic carbocycles. The van der Waals surface area contributed by atoms with Crippen molar-refractivity contribution in [1.29, 1.82) is 0 Å². The van der Waals surface area contributed by atoms with Crippen LogP contribution < -0.4 is 11.1 Å². The lowest BCUT2D eigenvalue weighted by Crippen LogP contribution is -2.40. The Kier molecular flexibility index (Phi) is 4.20. The van der Waals surface area contributed by atoms with Crippen LogP contribution in [0.4, 0.5) is 11.5 Å². The van der Waals surface area contributed by atoms with Gasteiger partial charge in [-0.2, -0.15) is 5.10 Å². The topological polar surface area (TPSA) is 76.2 Å². The summed E-state index contributed by atoms with van der Waals surface area (Å²) in [6, 6.07) is -0.286. The number of carbonyl (C=O) groups is 1. The Hall–Kier alpha value is -1.72. The van der Waals surface area contributed by atoms with Crippen LogP contribution in [0.3, 0.4) is 0 Å².